The largest absolute Gasteiger partial charge is 0.478 e. The molecule has 0 aliphatic heterocycles. The van der Waals surface area contributed by atoms with Crippen LogP contribution in [0.2, 0.25) is 0 Å². The minimum atomic E-state index is -0.941. The average Bonchev–Trinajstić information content (AvgIpc) is 2.70. The second-order valence-electron chi connectivity index (χ2n) is 5.72. The fourth-order valence-corrected chi connectivity index (χ4v) is 2.57. The molecule has 146 valence electrons. The molecule has 6 heteroatoms. The molecule has 0 saturated heterocycles. The van der Waals surface area contributed by atoms with Crippen LogP contribution >= 0.6 is 21.2 Å². The van der Waals surface area contributed by atoms with E-state index in [2.05, 4.69) is 0 Å². The number of carboxylic acids is 2. The van der Waals surface area contributed by atoms with E-state index in [0.717, 1.165) is 14.7 Å². The van der Waals surface area contributed by atoms with Crippen LogP contribution in [0.3, 0.4) is 0 Å². The molecular weight excluding hydrogens is 471 g/mol. The summed E-state index contributed by atoms with van der Waals surface area (Å²) in [4.78, 5) is 20.6. The molecular formula is C22H21IO5. The van der Waals surface area contributed by atoms with Crippen molar-refractivity contribution >= 4 is 33.1 Å². The molecule has 3 aromatic rings. The lowest BCUT2D eigenvalue weighted by Crippen LogP contribution is -1.94. The smallest absolute Gasteiger partial charge is 0.335 e. The molecule has 3 rings (SSSR count). The highest BCUT2D eigenvalue weighted by atomic mass is 127. The Morgan fingerprint density at radius 1 is 0.643 bits per heavy atom. The second kappa shape index (κ2) is 12.5. The molecule has 0 saturated carbocycles. The predicted octanol–water partition coefficient (Wildman–Crippen LogP) is 5.56. The van der Waals surface area contributed by atoms with Crippen molar-refractivity contribution in [2.24, 2.45) is 0 Å². The summed E-state index contributed by atoms with van der Waals surface area (Å²) in [5.41, 5.74) is 2.83. The molecule has 0 atom stereocenters. The number of hydrogen-bond donors (Lipinski definition) is 2. The van der Waals surface area contributed by atoms with Crippen LogP contribution in [0.5, 0.6) is 0 Å². The van der Waals surface area contributed by atoms with Gasteiger partial charge in [0.25, 0.3) is 0 Å². The Bertz CT molecular complexity index is 833. The van der Waals surface area contributed by atoms with E-state index in [0.29, 0.717) is 11.1 Å². The monoisotopic (exact) mass is 492 g/mol. The molecule has 0 bridgehead atoms. The number of aryl methyl sites for hydroxylation is 2. The highest BCUT2D eigenvalue weighted by molar-refractivity contribution is 14.1. The van der Waals surface area contributed by atoms with E-state index >= 15 is 0 Å². The zero-order chi connectivity index (χ0) is 20.9. The van der Waals surface area contributed by atoms with Crippen LogP contribution in [-0.4, -0.2) is 22.2 Å². The lowest BCUT2D eigenvalue weighted by atomic mass is 10.2. The molecule has 0 radical (unpaired) electrons. The van der Waals surface area contributed by atoms with Crippen LogP contribution in [0.25, 0.3) is 0 Å². The van der Waals surface area contributed by atoms with Crippen molar-refractivity contribution in [2.45, 2.75) is 13.8 Å². The number of carboxylic acid groups (broad SMARTS) is 2. The van der Waals surface area contributed by atoms with Crippen molar-refractivity contribution in [3.05, 3.63) is 105 Å². The molecule has 0 fully saturated rings. The standard InChI is InChI=1S/2C8H8O2.C6H5IO/c2*1-6-2-4-7(5-3-6)8(9)10;8-7-6-4-2-1-3-5-6/h2*2-5H,1H3,(H,9,10);1-5H. The summed E-state index contributed by atoms with van der Waals surface area (Å²) < 4.78 is 11.2. The summed E-state index contributed by atoms with van der Waals surface area (Å²) in [5, 5.41) is 17.0. The Morgan fingerprint density at radius 3 is 1.25 bits per heavy atom. The third kappa shape index (κ3) is 9.18. The summed E-state index contributed by atoms with van der Waals surface area (Å²) in [6.07, 6.45) is 0. The molecule has 2 N–H and O–H groups in total. The summed E-state index contributed by atoms with van der Waals surface area (Å²) in [5.74, 6) is -1.75. The maximum atomic E-state index is 10.3. The van der Waals surface area contributed by atoms with E-state index in [1.165, 1.54) is 0 Å². The van der Waals surface area contributed by atoms with Crippen LogP contribution in [0.4, 0.5) is 0 Å². The van der Waals surface area contributed by atoms with Gasteiger partial charge < -0.3 is 10.2 Å². The van der Waals surface area contributed by atoms with Crippen LogP contribution < -0.4 is 0 Å². The van der Waals surface area contributed by atoms with Gasteiger partial charge in [0, 0.05) is 3.57 Å². The molecule has 0 spiro atoms. The van der Waals surface area contributed by atoms with E-state index < -0.39 is 33.1 Å². The Labute approximate surface area is 174 Å². The second-order valence-corrected chi connectivity index (χ2v) is 7.40. The normalized spacial score (nSPS) is 9.21. The maximum absolute atomic E-state index is 10.3. The minimum absolute atomic E-state index is 0.339. The van der Waals surface area contributed by atoms with Crippen LogP contribution in [0, 0.1) is 17.4 Å². The van der Waals surface area contributed by atoms with Gasteiger partial charge in [-0.1, -0.05) is 53.6 Å². The zero-order valence-corrected chi connectivity index (χ0v) is 17.7. The Kier molecular flexibility index (Phi) is 10.3. The van der Waals surface area contributed by atoms with E-state index in [9.17, 15) is 12.7 Å². The first-order valence-electron chi connectivity index (χ1n) is 8.25. The van der Waals surface area contributed by atoms with E-state index in [1.807, 2.05) is 44.2 Å². The number of rotatable bonds is 3. The first kappa shape index (κ1) is 23.2. The SMILES string of the molecule is Cc1ccc(C(=O)O)cc1.Cc1ccc(C(=O)O)cc1.O=Ic1ccccc1. The Morgan fingerprint density at radius 2 is 1.00 bits per heavy atom. The highest BCUT2D eigenvalue weighted by Gasteiger charge is 1.99. The predicted molar refractivity (Wildman–Crippen MR) is 116 cm³/mol. The molecule has 28 heavy (non-hydrogen) atoms. The molecule has 3 aromatic carbocycles. The molecule has 0 aromatic heterocycles. The molecule has 0 heterocycles. The van der Waals surface area contributed by atoms with Crippen LogP contribution in [-0.2, 0) is 3.07 Å². The third-order valence-corrected chi connectivity index (χ3v) is 4.65. The lowest BCUT2D eigenvalue weighted by molar-refractivity contribution is 0.0686. The van der Waals surface area contributed by atoms with Crippen molar-refractivity contribution in [1.29, 1.82) is 0 Å². The van der Waals surface area contributed by atoms with Gasteiger partial charge >= 0.3 is 11.9 Å². The van der Waals surface area contributed by atoms with Crippen molar-refractivity contribution in [2.75, 3.05) is 0 Å². The van der Waals surface area contributed by atoms with Gasteiger partial charge in [0.2, 0.25) is 0 Å². The van der Waals surface area contributed by atoms with E-state index in [1.54, 1.807) is 48.5 Å². The van der Waals surface area contributed by atoms with Gasteiger partial charge in [-0.2, -0.15) is 0 Å². The quantitative estimate of drug-likeness (QED) is 0.468. The van der Waals surface area contributed by atoms with Gasteiger partial charge in [0.15, 0.2) is 21.2 Å². The van der Waals surface area contributed by atoms with Gasteiger partial charge in [-0.3, -0.25) is 3.07 Å². The first-order chi connectivity index (χ1) is 13.3. The molecule has 5 nitrogen and oxygen atoms in total. The molecule has 0 aliphatic rings. The molecule has 0 amide bonds. The number of aromatic carboxylic acids is 2. The van der Waals surface area contributed by atoms with Gasteiger partial charge in [0.1, 0.15) is 0 Å². The average molecular weight is 492 g/mol. The van der Waals surface area contributed by atoms with E-state index in [-0.39, 0.29) is 0 Å². The van der Waals surface area contributed by atoms with E-state index in [4.69, 9.17) is 10.2 Å². The lowest BCUT2D eigenvalue weighted by Gasteiger charge is -1.92. The topological polar surface area (TPSA) is 91.7 Å². The number of carbonyl (C=O) groups is 2. The van der Waals surface area contributed by atoms with Crippen molar-refractivity contribution in [3.63, 3.8) is 0 Å². The summed E-state index contributed by atoms with van der Waals surface area (Å²) >= 11 is -0.941. The first-order valence-corrected chi connectivity index (χ1v) is 10.2. The summed E-state index contributed by atoms with van der Waals surface area (Å²) in [6.45, 7) is 3.84. The van der Waals surface area contributed by atoms with Crippen molar-refractivity contribution in [1.82, 2.24) is 0 Å². The third-order valence-electron chi connectivity index (χ3n) is 3.42. The van der Waals surface area contributed by atoms with Crippen LogP contribution in [0.1, 0.15) is 31.8 Å². The molecule has 0 unspecified atom stereocenters. The number of halogens is 1. The van der Waals surface area contributed by atoms with Gasteiger partial charge in [-0.25, -0.2) is 9.59 Å². The van der Waals surface area contributed by atoms with Gasteiger partial charge in [-0.15, -0.1) is 0 Å². The summed E-state index contributed by atoms with van der Waals surface area (Å²) in [7, 11) is 0. The number of benzene rings is 3. The van der Waals surface area contributed by atoms with Crippen molar-refractivity contribution < 1.29 is 22.9 Å². The maximum Gasteiger partial charge on any atom is 0.335 e. The van der Waals surface area contributed by atoms with Gasteiger partial charge in [0.05, 0.1) is 11.1 Å². The Hall–Kier alpha value is -2.87. The fourth-order valence-electron chi connectivity index (χ4n) is 1.86. The van der Waals surface area contributed by atoms with Crippen LogP contribution in [0.15, 0.2) is 78.9 Å². The van der Waals surface area contributed by atoms with Gasteiger partial charge in [-0.05, 0) is 50.2 Å². The molecule has 0 aliphatic carbocycles. The minimum Gasteiger partial charge on any atom is -0.478 e. The Balaban J connectivity index is 0.000000212. The highest BCUT2D eigenvalue weighted by Crippen LogP contribution is 2.06. The fraction of sp³-hybridized carbons (Fsp3) is 0.0909. The van der Waals surface area contributed by atoms with Crippen molar-refractivity contribution in [3.8, 4) is 0 Å². The summed E-state index contributed by atoms with van der Waals surface area (Å²) in [6, 6.07) is 23.0. The number of hydrogen-bond acceptors (Lipinski definition) is 3. The zero-order valence-electron chi connectivity index (χ0n) is 15.5.